The second-order valence-electron chi connectivity index (χ2n) is 4.60. The van der Waals surface area contributed by atoms with Crippen molar-refractivity contribution in [3.8, 4) is 5.69 Å². The molecule has 0 spiro atoms. The molecule has 0 saturated heterocycles. The first-order valence-electron chi connectivity index (χ1n) is 6.85. The monoisotopic (exact) mass is 283 g/mol. The van der Waals surface area contributed by atoms with Crippen LogP contribution in [0.3, 0.4) is 0 Å². The summed E-state index contributed by atoms with van der Waals surface area (Å²) in [5.74, 6) is 0.975. The Morgan fingerprint density at radius 2 is 1.95 bits per heavy atom. The van der Waals surface area contributed by atoms with Crippen molar-refractivity contribution in [2.75, 3.05) is 26.5 Å². The van der Waals surface area contributed by atoms with Crippen LogP contribution in [-0.4, -0.2) is 37.1 Å². The lowest BCUT2D eigenvalue weighted by Crippen LogP contribution is -2.03. The molecule has 2 aromatic rings. The van der Waals surface area contributed by atoms with Gasteiger partial charge in [-0.05, 0) is 19.1 Å². The first kappa shape index (κ1) is 14.8. The van der Waals surface area contributed by atoms with Crippen LogP contribution in [-0.2, 0) is 0 Å². The molecule has 2 N–H and O–H groups in total. The van der Waals surface area contributed by atoms with Crippen molar-refractivity contribution in [1.82, 2.24) is 15.1 Å². The first-order valence-corrected chi connectivity index (χ1v) is 6.85. The summed E-state index contributed by atoms with van der Waals surface area (Å²) in [6.07, 6.45) is 3.71. The van der Waals surface area contributed by atoms with Crippen LogP contribution in [0, 0.1) is 6.92 Å². The minimum atomic E-state index is 0.906. The van der Waals surface area contributed by atoms with Crippen LogP contribution >= 0.6 is 0 Å². The van der Waals surface area contributed by atoms with E-state index < -0.39 is 0 Å². The molecule has 0 aliphatic heterocycles. The lowest BCUT2D eigenvalue weighted by Gasteiger charge is -2.06. The number of aromatic nitrogens is 2. The zero-order valence-electron chi connectivity index (χ0n) is 12.9. The summed E-state index contributed by atoms with van der Waals surface area (Å²) in [6, 6.07) is 10.1. The van der Waals surface area contributed by atoms with Crippen molar-refractivity contribution >= 4 is 17.6 Å². The maximum absolute atomic E-state index is 4.74. The fourth-order valence-electron chi connectivity index (χ4n) is 2.28. The van der Waals surface area contributed by atoms with Gasteiger partial charge in [-0.25, -0.2) is 4.68 Å². The van der Waals surface area contributed by atoms with Crippen molar-refractivity contribution in [2.45, 2.75) is 6.92 Å². The Kier molecular flexibility index (Phi) is 4.77. The van der Waals surface area contributed by atoms with Gasteiger partial charge in [0, 0.05) is 44.7 Å². The molecule has 0 aliphatic carbocycles. The summed E-state index contributed by atoms with van der Waals surface area (Å²) in [7, 11) is 5.53. The van der Waals surface area contributed by atoms with Gasteiger partial charge in [0.25, 0.3) is 0 Å². The fourth-order valence-corrected chi connectivity index (χ4v) is 2.28. The van der Waals surface area contributed by atoms with Crippen LogP contribution in [0.15, 0.2) is 41.5 Å². The Balaban J connectivity index is 2.60. The average Bonchev–Trinajstić information content (AvgIpc) is 2.84. The minimum absolute atomic E-state index is 0.906. The number of aliphatic imine (C=N–C) groups is 1. The molecule has 2 rings (SSSR count). The van der Waals surface area contributed by atoms with E-state index >= 15 is 0 Å². The molecule has 0 bridgehead atoms. The van der Waals surface area contributed by atoms with E-state index in [1.165, 1.54) is 0 Å². The maximum atomic E-state index is 4.74. The van der Waals surface area contributed by atoms with Gasteiger partial charge in [-0.3, -0.25) is 4.99 Å². The van der Waals surface area contributed by atoms with Crippen molar-refractivity contribution in [1.29, 1.82) is 0 Å². The van der Waals surface area contributed by atoms with Gasteiger partial charge in [0.1, 0.15) is 11.5 Å². The van der Waals surface area contributed by atoms with E-state index in [0.29, 0.717) is 0 Å². The second kappa shape index (κ2) is 6.74. The van der Waals surface area contributed by atoms with Gasteiger partial charge in [-0.15, -0.1) is 0 Å². The minimum Gasteiger partial charge on any atom is -0.393 e. The molecule has 1 aromatic carbocycles. The molecule has 0 atom stereocenters. The van der Waals surface area contributed by atoms with Gasteiger partial charge in [-0.1, -0.05) is 18.2 Å². The molecule has 0 amide bonds. The summed E-state index contributed by atoms with van der Waals surface area (Å²) < 4.78 is 1.91. The average molecular weight is 283 g/mol. The molecule has 5 nitrogen and oxygen atoms in total. The van der Waals surface area contributed by atoms with Gasteiger partial charge in [-0.2, -0.15) is 5.10 Å². The van der Waals surface area contributed by atoms with Crippen LogP contribution in [0.4, 0.5) is 5.82 Å². The Morgan fingerprint density at radius 3 is 2.52 bits per heavy atom. The predicted octanol–water partition coefficient (Wildman–Crippen LogP) is 2.48. The Morgan fingerprint density at radius 1 is 1.24 bits per heavy atom. The van der Waals surface area contributed by atoms with E-state index in [0.717, 1.165) is 28.3 Å². The van der Waals surface area contributed by atoms with Crippen molar-refractivity contribution in [2.24, 2.45) is 4.99 Å². The van der Waals surface area contributed by atoms with Crippen LogP contribution in [0.2, 0.25) is 0 Å². The van der Waals surface area contributed by atoms with Crippen molar-refractivity contribution < 1.29 is 0 Å². The van der Waals surface area contributed by atoms with Gasteiger partial charge in [0.2, 0.25) is 0 Å². The number of hydrogen-bond acceptors (Lipinski definition) is 4. The van der Waals surface area contributed by atoms with Gasteiger partial charge >= 0.3 is 0 Å². The molecular formula is C16H21N5. The van der Waals surface area contributed by atoms with E-state index in [-0.39, 0.29) is 0 Å². The molecule has 21 heavy (non-hydrogen) atoms. The number of allylic oxidation sites excluding steroid dienone is 1. The van der Waals surface area contributed by atoms with Crippen molar-refractivity contribution in [3.63, 3.8) is 0 Å². The van der Waals surface area contributed by atoms with Gasteiger partial charge in [0.05, 0.1) is 5.69 Å². The third kappa shape index (κ3) is 2.97. The van der Waals surface area contributed by atoms with Crippen LogP contribution in [0.1, 0.15) is 11.3 Å². The summed E-state index contributed by atoms with van der Waals surface area (Å²) in [4.78, 5) is 4.11. The fraction of sp³-hybridized carbons (Fsp3) is 0.250. The lowest BCUT2D eigenvalue weighted by molar-refractivity contribution is 0.879. The molecule has 5 heteroatoms. The SMILES string of the molecule is CN=C/C(=C\NC)c1nn(-c2ccccc2)c(NC)c1C. The topological polar surface area (TPSA) is 54.2 Å². The maximum Gasteiger partial charge on any atom is 0.133 e. The highest BCUT2D eigenvalue weighted by Crippen LogP contribution is 2.26. The molecule has 0 radical (unpaired) electrons. The quantitative estimate of drug-likeness (QED) is 0.829. The second-order valence-corrected chi connectivity index (χ2v) is 4.60. The van der Waals surface area contributed by atoms with Crippen LogP contribution in [0.25, 0.3) is 11.3 Å². The number of hydrogen-bond donors (Lipinski definition) is 2. The lowest BCUT2D eigenvalue weighted by atomic mass is 10.1. The van der Waals surface area contributed by atoms with Crippen LogP contribution < -0.4 is 10.6 Å². The van der Waals surface area contributed by atoms with Crippen LogP contribution in [0.5, 0.6) is 0 Å². The van der Waals surface area contributed by atoms with E-state index in [2.05, 4.69) is 22.5 Å². The molecule has 110 valence electrons. The zero-order valence-corrected chi connectivity index (χ0v) is 12.9. The van der Waals surface area contributed by atoms with Gasteiger partial charge < -0.3 is 10.6 Å². The molecular weight excluding hydrogens is 262 g/mol. The van der Waals surface area contributed by atoms with Crippen molar-refractivity contribution in [3.05, 3.63) is 47.8 Å². The number of anilines is 1. The zero-order chi connectivity index (χ0) is 15.2. The Hall–Kier alpha value is -2.56. The highest BCUT2D eigenvalue weighted by molar-refractivity contribution is 6.09. The van der Waals surface area contributed by atoms with E-state index in [9.17, 15) is 0 Å². The smallest absolute Gasteiger partial charge is 0.133 e. The first-order chi connectivity index (χ1) is 10.2. The standard InChI is InChI=1S/C16H21N5/c1-12-15(13(10-17-2)11-18-3)20-21(16(12)19-4)14-8-6-5-7-9-14/h5-11,17,19H,1-4H3/b13-10+,18-11?. The summed E-state index contributed by atoms with van der Waals surface area (Å²) >= 11 is 0. The molecule has 0 fully saturated rings. The third-order valence-electron chi connectivity index (χ3n) is 3.20. The molecule has 0 saturated carbocycles. The van der Waals surface area contributed by atoms with E-state index in [1.54, 1.807) is 13.3 Å². The number of benzene rings is 1. The summed E-state index contributed by atoms with van der Waals surface area (Å²) in [5, 5.41) is 11.0. The number of para-hydroxylation sites is 1. The Bertz CT molecular complexity index is 653. The number of nitrogens with zero attached hydrogens (tertiary/aromatic N) is 3. The largest absolute Gasteiger partial charge is 0.393 e. The Labute approximate surface area is 125 Å². The highest BCUT2D eigenvalue weighted by atomic mass is 15.3. The molecule has 1 aromatic heterocycles. The predicted molar refractivity (Wildman–Crippen MR) is 89.3 cm³/mol. The van der Waals surface area contributed by atoms with E-state index in [4.69, 9.17) is 5.10 Å². The van der Waals surface area contributed by atoms with E-state index in [1.807, 2.05) is 55.3 Å². The highest BCUT2D eigenvalue weighted by Gasteiger charge is 2.16. The van der Waals surface area contributed by atoms with Gasteiger partial charge in [0.15, 0.2) is 0 Å². The molecule has 0 aliphatic rings. The molecule has 0 unspecified atom stereocenters. The normalized spacial score (nSPS) is 11.9. The third-order valence-corrected chi connectivity index (χ3v) is 3.20. The summed E-state index contributed by atoms with van der Waals surface area (Å²) in [5.41, 5.74) is 3.96. The number of rotatable bonds is 5. The summed E-state index contributed by atoms with van der Waals surface area (Å²) in [6.45, 7) is 2.06. The molecule has 1 heterocycles. The number of nitrogens with one attached hydrogen (secondary N) is 2.